The third kappa shape index (κ3) is 6.08. The molecule has 0 radical (unpaired) electrons. The van der Waals surface area contributed by atoms with Crippen LogP contribution in [0.15, 0.2) is 0 Å². The lowest BCUT2D eigenvalue weighted by atomic mass is 9.87. The van der Waals surface area contributed by atoms with Gasteiger partial charge in [-0.3, -0.25) is 4.79 Å². The highest BCUT2D eigenvalue weighted by Gasteiger charge is 2.56. The quantitative estimate of drug-likeness (QED) is 0.605. The van der Waals surface area contributed by atoms with Gasteiger partial charge in [0, 0.05) is 14.5 Å². The van der Waals surface area contributed by atoms with Crippen LogP contribution in [-0.4, -0.2) is 30.9 Å². The molecule has 1 aliphatic carbocycles. The predicted molar refractivity (Wildman–Crippen MR) is 81.4 cm³/mol. The van der Waals surface area contributed by atoms with Gasteiger partial charge in [0.25, 0.3) is 0 Å². The first kappa shape index (κ1) is 16.7. The molecule has 2 fully saturated rings. The first-order valence-corrected chi connectivity index (χ1v) is 11.4. The normalized spacial score (nSPS) is 28.9. The predicted octanol–water partition coefficient (Wildman–Crippen LogP) is 4.30. The van der Waals surface area contributed by atoms with Crippen LogP contribution in [0, 0.1) is 0 Å². The van der Waals surface area contributed by atoms with E-state index in [1.807, 2.05) is 6.92 Å². The van der Waals surface area contributed by atoms with Gasteiger partial charge in [0.05, 0.1) is 11.7 Å². The van der Waals surface area contributed by atoms with Crippen molar-refractivity contribution in [1.29, 1.82) is 0 Å². The molecule has 1 heterocycles. The molecule has 1 saturated heterocycles. The molecule has 1 saturated carbocycles. The minimum Gasteiger partial charge on any atom is -0.481 e. The topological polar surface area (TPSA) is 49.8 Å². The van der Waals surface area contributed by atoms with Crippen molar-refractivity contribution >= 4 is 14.0 Å². The Morgan fingerprint density at radius 3 is 2.47 bits per heavy atom. The summed E-state index contributed by atoms with van der Waals surface area (Å²) in [7, 11) is -0.842. The number of carbonyl (C=O) groups is 1. The van der Waals surface area contributed by atoms with E-state index in [2.05, 4.69) is 19.6 Å². The Morgan fingerprint density at radius 2 is 2.05 bits per heavy atom. The van der Waals surface area contributed by atoms with Gasteiger partial charge in [0.1, 0.15) is 0 Å². The lowest BCUT2D eigenvalue weighted by Gasteiger charge is -2.21. The smallest absolute Gasteiger partial charge is 0.303 e. The van der Waals surface area contributed by atoms with Crippen LogP contribution in [0.1, 0.15) is 51.9 Å². The molecule has 3 nitrogen and oxygen atoms in total. The fourth-order valence-corrected chi connectivity index (χ4v) is 3.86. The standard InChI is InChI=1S/C11H22OSi.C4H8O2/c1-13(2,3)9-8-11-7-5-4-6-10(11)12-11;1-2-3-4(5)6/h10H,4-9H2,1-3H3;2-3H2,1H3,(H,5,6). The Balaban J connectivity index is 0.000000258. The van der Waals surface area contributed by atoms with Crippen molar-refractivity contribution in [3.63, 3.8) is 0 Å². The van der Waals surface area contributed by atoms with Crippen LogP contribution in [0.5, 0.6) is 0 Å². The molecule has 0 aromatic carbocycles. The second-order valence-electron chi connectivity index (χ2n) is 7.12. The molecule has 0 spiro atoms. The van der Waals surface area contributed by atoms with E-state index in [1.165, 1.54) is 38.1 Å². The van der Waals surface area contributed by atoms with Crippen molar-refractivity contribution in [3.05, 3.63) is 0 Å². The van der Waals surface area contributed by atoms with Gasteiger partial charge in [-0.05, 0) is 25.7 Å². The fraction of sp³-hybridized carbons (Fsp3) is 0.933. The fourth-order valence-electron chi connectivity index (χ4n) is 2.69. The summed E-state index contributed by atoms with van der Waals surface area (Å²) in [5, 5.41) is 7.91. The molecule has 1 N–H and O–H groups in total. The molecule has 0 aromatic rings. The van der Waals surface area contributed by atoms with E-state index < -0.39 is 14.0 Å². The minimum atomic E-state index is -0.842. The number of hydrogen-bond acceptors (Lipinski definition) is 2. The number of rotatable bonds is 5. The van der Waals surface area contributed by atoms with Crippen LogP contribution in [0.25, 0.3) is 0 Å². The SMILES string of the molecule is CCCC(=O)O.C[Si](C)(C)CCC12CCCCC1O2. The number of hydrogen-bond donors (Lipinski definition) is 1. The molecule has 112 valence electrons. The largest absolute Gasteiger partial charge is 0.481 e. The van der Waals surface area contributed by atoms with Crippen LogP contribution < -0.4 is 0 Å². The molecule has 4 heteroatoms. The maximum atomic E-state index is 9.60. The second-order valence-corrected chi connectivity index (χ2v) is 12.7. The Hall–Kier alpha value is -0.353. The number of aliphatic carboxylic acids is 1. The maximum absolute atomic E-state index is 9.60. The monoisotopic (exact) mass is 286 g/mol. The highest BCUT2D eigenvalue weighted by atomic mass is 28.3. The molecule has 19 heavy (non-hydrogen) atoms. The Kier molecular flexibility index (Phi) is 6.05. The van der Waals surface area contributed by atoms with Crippen molar-refractivity contribution in [3.8, 4) is 0 Å². The van der Waals surface area contributed by atoms with Crippen LogP contribution in [0.2, 0.25) is 25.7 Å². The highest BCUT2D eigenvalue weighted by molar-refractivity contribution is 6.76. The van der Waals surface area contributed by atoms with E-state index in [1.54, 1.807) is 0 Å². The zero-order valence-corrected chi connectivity index (χ0v) is 14.0. The third-order valence-electron chi connectivity index (χ3n) is 3.98. The summed E-state index contributed by atoms with van der Waals surface area (Å²) in [5.41, 5.74) is 0.387. The molecular weight excluding hydrogens is 256 g/mol. The highest BCUT2D eigenvalue weighted by Crippen LogP contribution is 2.51. The summed E-state index contributed by atoms with van der Waals surface area (Å²) in [6.45, 7) is 9.23. The van der Waals surface area contributed by atoms with Crippen molar-refractivity contribution in [2.75, 3.05) is 0 Å². The number of carboxylic acid groups (broad SMARTS) is 1. The maximum Gasteiger partial charge on any atom is 0.303 e. The van der Waals surface area contributed by atoms with Gasteiger partial charge in [-0.15, -0.1) is 0 Å². The Morgan fingerprint density at radius 1 is 1.37 bits per heavy atom. The third-order valence-corrected chi connectivity index (χ3v) is 5.73. The van der Waals surface area contributed by atoms with Crippen LogP contribution in [-0.2, 0) is 9.53 Å². The van der Waals surface area contributed by atoms with Gasteiger partial charge >= 0.3 is 5.97 Å². The molecule has 1 aliphatic heterocycles. The van der Waals surface area contributed by atoms with Gasteiger partial charge in [-0.2, -0.15) is 0 Å². The number of carboxylic acids is 1. The van der Waals surface area contributed by atoms with E-state index in [-0.39, 0.29) is 0 Å². The zero-order valence-electron chi connectivity index (χ0n) is 13.0. The van der Waals surface area contributed by atoms with E-state index >= 15 is 0 Å². The second kappa shape index (κ2) is 6.89. The Bertz CT molecular complexity index is 298. The van der Waals surface area contributed by atoms with Crippen LogP contribution in [0.3, 0.4) is 0 Å². The van der Waals surface area contributed by atoms with Crippen molar-refractivity contribution in [2.24, 2.45) is 0 Å². The molecule has 2 unspecified atom stereocenters. The number of epoxide rings is 1. The minimum absolute atomic E-state index is 0.292. The van der Waals surface area contributed by atoms with Crippen LogP contribution in [0.4, 0.5) is 0 Å². The van der Waals surface area contributed by atoms with E-state index in [0.29, 0.717) is 18.1 Å². The average molecular weight is 286 g/mol. The summed E-state index contributed by atoms with van der Waals surface area (Å²) < 4.78 is 5.88. The van der Waals surface area contributed by atoms with E-state index in [0.717, 1.165) is 6.42 Å². The van der Waals surface area contributed by atoms with Gasteiger partial charge in [0.2, 0.25) is 0 Å². The molecule has 0 aromatic heterocycles. The summed E-state index contributed by atoms with van der Waals surface area (Å²) in [6, 6.07) is 1.45. The lowest BCUT2D eigenvalue weighted by Crippen LogP contribution is -2.26. The van der Waals surface area contributed by atoms with E-state index in [9.17, 15) is 4.79 Å². The average Bonchev–Trinajstić information content (AvgIpc) is 3.01. The van der Waals surface area contributed by atoms with Gasteiger partial charge in [-0.1, -0.05) is 45.5 Å². The molecular formula is C15H30O3Si. The molecule has 2 rings (SSSR count). The number of fused-ring (bicyclic) bond motifs is 1. The van der Waals surface area contributed by atoms with Crippen molar-refractivity contribution in [2.45, 2.75) is 89.3 Å². The first-order valence-electron chi connectivity index (χ1n) is 7.69. The summed E-state index contributed by atoms with van der Waals surface area (Å²) in [5.74, 6) is -0.711. The first-order chi connectivity index (χ1) is 8.79. The zero-order chi connectivity index (χ0) is 14.5. The Labute approximate surface area is 118 Å². The molecule has 2 aliphatic rings. The summed E-state index contributed by atoms with van der Waals surface area (Å²) in [4.78, 5) is 9.60. The molecule has 0 amide bonds. The van der Waals surface area contributed by atoms with Gasteiger partial charge in [0.15, 0.2) is 0 Å². The van der Waals surface area contributed by atoms with Crippen molar-refractivity contribution < 1.29 is 14.6 Å². The number of ether oxygens (including phenoxy) is 1. The van der Waals surface area contributed by atoms with Crippen molar-refractivity contribution in [1.82, 2.24) is 0 Å². The summed E-state index contributed by atoms with van der Waals surface area (Å²) in [6.07, 6.45) is 8.54. The molecule has 2 atom stereocenters. The van der Waals surface area contributed by atoms with E-state index in [4.69, 9.17) is 9.84 Å². The van der Waals surface area contributed by atoms with Crippen LogP contribution >= 0.6 is 0 Å². The van der Waals surface area contributed by atoms with Gasteiger partial charge in [-0.25, -0.2) is 0 Å². The van der Waals surface area contributed by atoms with Gasteiger partial charge < -0.3 is 9.84 Å². The summed E-state index contributed by atoms with van der Waals surface area (Å²) >= 11 is 0. The molecule has 0 bridgehead atoms. The lowest BCUT2D eigenvalue weighted by molar-refractivity contribution is -0.137.